The number of aromatic nitrogens is 1. The molecule has 3 rings (SSSR count). The first-order valence-electron chi connectivity index (χ1n) is 8.49. The fraction of sp³-hybridized carbons (Fsp3) is 0.444. The minimum atomic E-state index is 0.0455. The average Bonchev–Trinajstić information content (AvgIpc) is 3.13. The molecule has 6 nitrogen and oxygen atoms in total. The number of carbonyl (C=O) groups excluding carboxylic acids is 1. The monoisotopic (exact) mass is 328 g/mol. The minimum absolute atomic E-state index is 0.0455. The van der Waals surface area contributed by atoms with E-state index in [9.17, 15) is 4.79 Å². The normalized spacial score (nSPS) is 15.4. The number of amides is 2. The van der Waals surface area contributed by atoms with Crippen molar-refractivity contribution >= 4 is 6.03 Å². The highest BCUT2D eigenvalue weighted by Gasteiger charge is 2.21. The van der Waals surface area contributed by atoms with Crippen LogP contribution in [0, 0.1) is 0 Å². The van der Waals surface area contributed by atoms with Gasteiger partial charge in [-0.1, -0.05) is 35.5 Å². The molecule has 2 aromatic rings. The standard InChI is InChI=1S/C18H24N4O2/c23-18(19-9-4-7-16-5-2-1-3-6-16)22-12-10-21(11-13-22)15-17-8-14-24-20-17/h1-3,5-6,8,14H,4,7,9-13,15H2,(H,19,23). The van der Waals surface area contributed by atoms with Gasteiger partial charge in [-0.3, -0.25) is 4.90 Å². The molecule has 0 radical (unpaired) electrons. The van der Waals surface area contributed by atoms with Crippen LogP contribution in [0.25, 0.3) is 0 Å². The Morgan fingerprint density at radius 1 is 1.12 bits per heavy atom. The Hall–Kier alpha value is -2.34. The van der Waals surface area contributed by atoms with Crippen molar-refractivity contribution in [2.75, 3.05) is 32.7 Å². The van der Waals surface area contributed by atoms with E-state index in [1.807, 2.05) is 29.2 Å². The third kappa shape index (κ3) is 4.83. The van der Waals surface area contributed by atoms with E-state index in [-0.39, 0.29) is 6.03 Å². The van der Waals surface area contributed by atoms with E-state index in [0.29, 0.717) is 6.54 Å². The Balaban J connectivity index is 1.32. The second-order valence-electron chi connectivity index (χ2n) is 6.08. The van der Waals surface area contributed by atoms with Gasteiger partial charge in [0.25, 0.3) is 0 Å². The number of benzene rings is 1. The van der Waals surface area contributed by atoms with Crippen molar-refractivity contribution in [3.8, 4) is 0 Å². The van der Waals surface area contributed by atoms with Crippen molar-refractivity contribution in [3.63, 3.8) is 0 Å². The molecule has 1 N–H and O–H groups in total. The van der Waals surface area contributed by atoms with Crippen LogP contribution < -0.4 is 5.32 Å². The van der Waals surface area contributed by atoms with Crippen molar-refractivity contribution in [1.29, 1.82) is 0 Å². The number of hydrogen-bond donors (Lipinski definition) is 1. The number of nitrogens with one attached hydrogen (secondary N) is 1. The summed E-state index contributed by atoms with van der Waals surface area (Å²) in [6, 6.07) is 12.3. The molecular formula is C18H24N4O2. The number of nitrogens with zero attached hydrogens (tertiary/aromatic N) is 3. The summed E-state index contributed by atoms with van der Waals surface area (Å²) in [5, 5.41) is 6.95. The SMILES string of the molecule is O=C(NCCCc1ccccc1)N1CCN(Cc2ccon2)CC1. The lowest BCUT2D eigenvalue weighted by atomic mass is 10.1. The molecule has 0 unspecified atom stereocenters. The topological polar surface area (TPSA) is 61.6 Å². The second-order valence-corrected chi connectivity index (χ2v) is 6.08. The van der Waals surface area contributed by atoms with Crippen molar-refractivity contribution < 1.29 is 9.32 Å². The summed E-state index contributed by atoms with van der Waals surface area (Å²) >= 11 is 0. The number of hydrogen-bond acceptors (Lipinski definition) is 4. The highest BCUT2D eigenvalue weighted by atomic mass is 16.5. The Labute approximate surface area is 142 Å². The summed E-state index contributed by atoms with van der Waals surface area (Å²) in [5.74, 6) is 0. The van der Waals surface area contributed by atoms with Gasteiger partial charge in [-0.15, -0.1) is 0 Å². The van der Waals surface area contributed by atoms with Crippen molar-refractivity contribution in [3.05, 3.63) is 53.9 Å². The van der Waals surface area contributed by atoms with E-state index in [1.54, 1.807) is 6.26 Å². The molecule has 0 spiro atoms. The van der Waals surface area contributed by atoms with Gasteiger partial charge in [0.05, 0.1) is 5.69 Å². The van der Waals surface area contributed by atoms with Crippen LogP contribution in [0.3, 0.4) is 0 Å². The Morgan fingerprint density at radius 3 is 2.62 bits per heavy atom. The highest BCUT2D eigenvalue weighted by molar-refractivity contribution is 5.74. The van der Waals surface area contributed by atoms with Crippen LogP contribution in [0.15, 0.2) is 47.2 Å². The Kier molecular flexibility index (Phi) is 5.85. The molecule has 128 valence electrons. The molecule has 1 saturated heterocycles. The van der Waals surface area contributed by atoms with Gasteiger partial charge in [-0.05, 0) is 18.4 Å². The summed E-state index contributed by atoms with van der Waals surface area (Å²) in [4.78, 5) is 16.4. The van der Waals surface area contributed by atoms with E-state index >= 15 is 0 Å². The Morgan fingerprint density at radius 2 is 1.92 bits per heavy atom. The van der Waals surface area contributed by atoms with Crippen LogP contribution in [0.5, 0.6) is 0 Å². The molecule has 2 heterocycles. The second kappa shape index (κ2) is 8.49. The van der Waals surface area contributed by atoms with Crippen molar-refractivity contribution in [2.45, 2.75) is 19.4 Å². The van der Waals surface area contributed by atoms with Crippen LogP contribution in [0.1, 0.15) is 17.7 Å². The quantitative estimate of drug-likeness (QED) is 0.825. The van der Waals surface area contributed by atoms with E-state index in [0.717, 1.165) is 51.3 Å². The highest BCUT2D eigenvalue weighted by Crippen LogP contribution is 2.07. The van der Waals surface area contributed by atoms with Gasteiger partial charge in [0.15, 0.2) is 0 Å². The molecule has 0 atom stereocenters. The summed E-state index contributed by atoms with van der Waals surface area (Å²) in [6.45, 7) is 4.73. The largest absolute Gasteiger partial charge is 0.364 e. The first kappa shape index (κ1) is 16.5. The van der Waals surface area contributed by atoms with E-state index in [4.69, 9.17) is 4.52 Å². The lowest BCUT2D eigenvalue weighted by molar-refractivity contribution is 0.133. The fourth-order valence-corrected chi connectivity index (χ4v) is 2.90. The van der Waals surface area contributed by atoms with Gasteiger partial charge in [0, 0.05) is 45.3 Å². The molecule has 24 heavy (non-hydrogen) atoms. The van der Waals surface area contributed by atoms with Crippen LogP contribution in [-0.2, 0) is 13.0 Å². The molecule has 1 aromatic heterocycles. The van der Waals surface area contributed by atoms with Gasteiger partial charge in [-0.25, -0.2) is 4.79 Å². The minimum Gasteiger partial charge on any atom is -0.364 e. The number of aryl methyl sites for hydroxylation is 1. The molecule has 6 heteroatoms. The predicted octanol–water partition coefficient (Wildman–Crippen LogP) is 2.13. The molecule has 1 aliphatic heterocycles. The molecule has 1 fully saturated rings. The third-order valence-corrected chi connectivity index (χ3v) is 4.30. The van der Waals surface area contributed by atoms with Gasteiger partial charge >= 0.3 is 6.03 Å². The smallest absolute Gasteiger partial charge is 0.317 e. The lowest BCUT2D eigenvalue weighted by Gasteiger charge is -2.34. The van der Waals surface area contributed by atoms with Gasteiger partial charge in [0.1, 0.15) is 6.26 Å². The maximum atomic E-state index is 12.2. The Bertz CT molecular complexity index is 607. The number of piperazine rings is 1. The number of rotatable bonds is 6. The van der Waals surface area contributed by atoms with Crippen molar-refractivity contribution in [1.82, 2.24) is 20.3 Å². The zero-order valence-corrected chi connectivity index (χ0v) is 13.9. The molecule has 1 aliphatic rings. The number of urea groups is 1. The molecule has 1 aromatic carbocycles. The zero-order chi connectivity index (χ0) is 16.6. The first-order valence-corrected chi connectivity index (χ1v) is 8.49. The van der Waals surface area contributed by atoms with Gasteiger partial charge in [0.2, 0.25) is 0 Å². The summed E-state index contributed by atoms with van der Waals surface area (Å²) < 4.78 is 4.85. The molecule has 0 bridgehead atoms. The van der Waals surface area contributed by atoms with Crippen LogP contribution in [-0.4, -0.2) is 53.7 Å². The molecule has 0 aliphatic carbocycles. The zero-order valence-electron chi connectivity index (χ0n) is 13.9. The summed E-state index contributed by atoms with van der Waals surface area (Å²) in [7, 11) is 0. The first-order chi connectivity index (χ1) is 11.8. The van der Waals surface area contributed by atoms with Crippen LogP contribution in [0.2, 0.25) is 0 Å². The van der Waals surface area contributed by atoms with Gasteiger partial charge in [-0.2, -0.15) is 0 Å². The predicted molar refractivity (Wildman–Crippen MR) is 91.5 cm³/mol. The molecule has 2 amide bonds. The third-order valence-electron chi connectivity index (χ3n) is 4.30. The van der Waals surface area contributed by atoms with Crippen LogP contribution in [0.4, 0.5) is 4.79 Å². The maximum absolute atomic E-state index is 12.2. The molecule has 0 saturated carbocycles. The lowest BCUT2D eigenvalue weighted by Crippen LogP contribution is -2.51. The number of carbonyl (C=O) groups is 1. The van der Waals surface area contributed by atoms with Crippen LogP contribution >= 0.6 is 0 Å². The van der Waals surface area contributed by atoms with E-state index in [2.05, 4.69) is 27.5 Å². The van der Waals surface area contributed by atoms with E-state index in [1.165, 1.54) is 5.56 Å². The fourth-order valence-electron chi connectivity index (χ4n) is 2.90. The van der Waals surface area contributed by atoms with Gasteiger partial charge < -0.3 is 14.7 Å². The van der Waals surface area contributed by atoms with E-state index < -0.39 is 0 Å². The maximum Gasteiger partial charge on any atom is 0.317 e. The average molecular weight is 328 g/mol. The van der Waals surface area contributed by atoms with Crippen molar-refractivity contribution in [2.24, 2.45) is 0 Å². The summed E-state index contributed by atoms with van der Waals surface area (Å²) in [5.41, 5.74) is 2.25. The summed E-state index contributed by atoms with van der Waals surface area (Å²) in [6.07, 6.45) is 3.54. The molecular weight excluding hydrogens is 304 g/mol.